The van der Waals surface area contributed by atoms with E-state index in [0.717, 1.165) is 45.0 Å². The van der Waals surface area contributed by atoms with Gasteiger partial charge in [0.2, 0.25) is 0 Å². The topological polar surface area (TPSA) is 61.6 Å². The van der Waals surface area contributed by atoms with Crippen LogP contribution in [-0.2, 0) is 21.3 Å². The third kappa shape index (κ3) is 3.79. The summed E-state index contributed by atoms with van der Waals surface area (Å²) in [5.74, 6) is 0.948. The van der Waals surface area contributed by atoms with Crippen molar-refractivity contribution < 1.29 is 14.2 Å². The molecule has 0 bridgehead atoms. The van der Waals surface area contributed by atoms with Gasteiger partial charge in [0.1, 0.15) is 12.2 Å². The molecule has 1 aromatic heterocycles. The van der Waals surface area contributed by atoms with Gasteiger partial charge in [-0.2, -0.15) is 5.10 Å². The van der Waals surface area contributed by atoms with Crippen LogP contribution in [0.3, 0.4) is 0 Å². The Kier molecular flexibility index (Phi) is 5.18. The van der Waals surface area contributed by atoms with Crippen molar-refractivity contribution in [3.63, 3.8) is 0 Å². The van der Waals surface area contributed by atoms with Crippen molar-refractivity contribution in [3.05, 3.63) is 12.2 Å². The minimum absolute atomic E-state index is 0.0203. The monoisotopic (exact) mass is 296 g/mol. The van der Waals surface area contributed by atoms with Gasteiger partial charge in [-0.15, -0.1) is 0 Å². The van der Waals surface area contributed by atoms with Gasteiger partial charge in [-0.05, 0) is 19.3 Å². The highest BCUT2D eigenvalue weighted by Gasteiger charge is 2.28. The first-order valence-corrected chi connectivity index (χ1v) is 7.73. The van der Waals surface area contributed by atoms with E-state index in [2.05, 4.69) is 15.0 Å². The Morgan fingerprint density at radius 1 is 1.38 bits per heavy atom. The fourth-order valence-corrected chi connectivity index (χ4v) is 2.89. The minimum atomic E-state index is -0.0203. The normalized spacial score (nSPS) is 27.9. The van der Waals surface area contributed by atoms with E-state index >= 15 is 0 Å². The second-order valence-corrected chi connectivity index (χ2v) is 5.54. The van der Waals surface area contributed by atoms with Crippen molar-refractivity contribution in [1.29, 1.82) is 0 Å². The van der Waals surface area contributed by atoms with Crippen molar-refractivity contribution in [1.82, 2.24) is 19.7 Å². The predicted octanol–water partition coefficient (Wildman–Crippen LogP) is 0.732. The number of ether oxygens (including phenoxy) is 3. The summed E-state index contributed by atoms with van der Waals surface area (Å²) in [4.78, 5) is 6.71. The molecule has 0 N–H and O–H groups in total. The van der Waals surface area contributed by atoms with Crippen LogP contribution in [0.2, 0.25) is 0 Å². The van der Waals surface area contributed by atoms with Crippen LogP contribution in [0.4, 0.5) is 0 Å². The average molecular weight is 296 g/mol. The smallest absolute Gasteiger partial charge is 0.157 e. The van der Waals surface area contributed by atoms with Crippen LogP contribution in [0.1, 0.15) is 31.1 Å². The molecule has 7 heteroatoms. The molecule has 3 rings (SSSR count). The predicted molar refractivity (Wildman–Crippen MR) is 75.7 cm³/mol. The number of aromatic nitrogens is 3. The van der Waals surface area contributed by atoms with Gasteiger partial charge in [0.25, 0.3) is 0 Å². The second kappa shape index (κ2) is 7.31. The van der Waals surface area contributed by atoms with E-state index < -0.39 is 0 Å². The van der Waals surface area contributed by atoms with Gasteiger partial charge in [0.05, 0.1) is 25.9 Å². The molecule has 1 aromatic rings. The lowest BCUT2D eigenvalue weighted by atomic mass is 10.2. The first kappa shape index (κ1) is 14.9. The molecular formula is C14H24N4O3. The van der Waals surface area contributed by atoms with E-state index in [4.69, 9.17) is 14.2 Å². The SMILES string of the molecule is Cn1ncnc1C1COCCN1CCOC1CCCCO1. The van der Waals surface area contributed by atoms with Gasteiger partial charge in [-0.3, -0.25) is 9.58 Å². The van der Waals surface area contributed by atoms with Gasteiger partial charge in [0, 0.05) is 26.7 Å². The minimum Gasteiger partial charge on any atom is -0.378 e. The van der Waals surface area contributed by atoms with Crippen LogP contribution >= 0.6 is 0 Å². The molecule has 0 spiro atoms. The highest BCUT2D eigenvalue weighted by molar-refractivity contribution is 4.96. The highest BCUT2D eigenvalue weighted by Crippen LogP contribution is 2.22. The molecule has 0 aliphatic carbocycles. The van der Waals surface area contributed by atoms with Gasteiger partial charge in [-0.1, -0.05) is 0 Å². The maximum absolute atomic E-state index is 5.83. The lowest BCUT2D eigenvalue weighted by Crippen LogP contribution is -2.42. The Morgan fingerprint density at radius 3 is 3.10 bits per heavy atom. The molecule has 0 saturated carbocycles. The molecule has 21 heavy (non-hydrogen) atoms. The van der Waals surface area contributed by atoms with Crippen molar-refractivity contribution in [2.45, 2.75) is 31.6 Å². The van der Waals surface area contributed by atoms with Crippen molar-refractivity contribution in [2.75, 3.05) is 39.5 Å². The summed E-state index contributed by atoms with van der Waals surface area (Å²) in [6.45, 7) is 4.68. The van der Waals surface area contributed by atoms with Crippen LogP contribution in [0.25, 0.3) is 0 Å². The fraction of sp³-hybridized carbons (Fsp3) is 0.857. The molecule has 3 heterocycles. The third-order valence-electron chi connectivity index (χ3n) is 4.10. The molecule has 2 fully saturated rings. The van der Waals surface area contributed by atoms with Gasteiger partial charge in [0.15, 0.2) is 6.29 Å². The van der Waals surface area contributed by atoms with E-state index in [1.54, 1.807) is 6.33 Å². The zero-order valence-electron chi connectivity index (χ0n) is 12.6. The van der Waals surface area contributed by atoms with Crippen LogP contribution in [0.15, 0.2) is 6.33 Å². The molecule has 118 valence electrons. The fourth-order valence-electron chi connectivity index (χ4n) is 2.89. The van der Waals surface area contributed by atoms with E-state index in [1.165, 1.54) is 6.42 Å². The van der Waals surface area contributed by atoms with E-state index in [0.29, 0.717) is 13.2 Å². The highest BCUT2D eigenvalue weighted by atomic mass is 16.7. The first-order valence-electron chi connectivity index (χ1n) is 7.73. The molecule has 2 aliphatic rings. The van der Waals surface area contributed by atoms with Gasteiger partial charge >= 0.3 is 0 Å². The zero-order valence-corrected chi connectivity index (χ0v) is 12.6. The number of morpholine rings is 1. The van der Waals surface area contributed by atoms with Gasteiger partial charge in [-0.25, -0.2) is 4.98 Å². The molecule has 0 aromatic carbocycles. The molecule has 2 atom stereocenters. The summed E-state index contributed by atoms with van der Waals surface area (Å²) in [5, 5.41) is 4.15. The lowest BCUT2D eigenvalue weighted by molar-refractivity contribution is -0.167. The largest absolute Gasteiger partial charge is 0.378 e. The summed E-state index contributed by atoms with van der Waals surface area (Å²) >= 11 is 0. The first-order chi connectivity index (χ1) is 10.3. The summed E-state index contributed by atoms with van der Waals surface area (Å²) in [6, 6.07) is 0.155. The van der Waals surface area contributed by atoms with E-state index in [9.17, 15) is 0 Å². The number of rotatable bonds is 5. The average Bonchev–Trinajstić information content (AvgIpc) is 2.95. The number of hydrogen-bond acceptors (Lipinski definition) is 6. The summed E-state index contributed by atoms with van der Waals surface area (Å²) < 4.78 is 18.8. The summed E-state index contributed by atoms with van der Waals surface area (Å²) in [6.07, 6.45) is 4.93. The second-order valence-electron chi connectivity index (χ2n) is 5.54. The summed E-state index contributed by atoms with van der Waals surface area (Å²) in [7, 11) is 1.92. The van der Waals surface area contributed by atoms with Crippen LogP contribution < -0.4 is 0 Å². The van der Waals surface area contributed by atoms with E-state index in [1.807, 2.05) is 11.7 Å². The lowest BCUT2D eigenvalue weighted by Gasteiger charge is -2.35. The summed E-state index contributed by atoms with van der Waals surface area (Å²) in [5.41, 5.74) is 0. The standard InChI is InChI=1S/C14H24N4O3/c1-17-14(15-11-16-17)12-10-19-8-5-18(12)6-9-21-13-4-2-3-7-20-13/h11-13H,2-10H2,1H3. The maximum atomic E-state index is 5.83. The molecule has 0 amide bonds. The Hall–Kier alpha value is -1.02. The zero-order chi connectivity index (χ0) is 14.5. The molecule has 7 nitrogen and oxygen atoms in total. The number of nitrogens with zero attached hydrogens (tertiary/aromatic N) is 4. The Labute approximate surface area is 125 Å². The van der Waals surface area contributed by atoms with Crippen LogP contribution in [0, 0.1) is 0 Å². The van der Waals surface area contributed by atoms with E-state index in [-0.39, 0.29) is 12.3 Å². The Bertz CT molecular complexity index is 434. The van der Waals surface area contributed by atoms with Crippen LogP contribution in [-0.4, -0.2) is 65.5 Å². The molecule has 2 saturated heterocycles. The molecule has 2 unspecified atom stereocenters. The molecule has 2 aliphatic heterocycles. The number of hydrogen-bond donors (Lipinski definition) is 0. The Balaban J connectivity index is 1.51. The van der Waals surface area contributed by atoms with Crippen molar-refractivity contribution >= 4 is 0 Å². The van der Waals surface area contributed by atoms with Crippen molar-refractivity contribution in [2.24, 2.45) is 7.05 Å². The maximum Gasteiger partial charge on any atom is 0.157 e. The van der Waals surface area contributed by atoms with Crippen LogP contribution in [0.5, 0.6) is 0 Å². The molecule has 0 radical (unpaired) electrons. The quantitative estimate of drug-likeness (QED) is 0.798. The Morgan fingerprint density at radius 2 is 2.33 bits per heavy atom. The number of aryl methyl sites for hydroxylation is 1. The molecular weight excluding hydrogens is 272 g/mol. The van der Waals surface area contributed by atoms with Gasteiger partial charge < -0.3 is 14.2 Å². The third-order valence-corrected chi connectivity index (χ3v) is 4.10. The van der Waals surface area contributed by atoms with Crippen molar-refractivity contribution in [3.8, 4) is 0 Å².